The minimum absolute atomic E-state index is 0.00639. The molecule has 1 rings (SSSR count). The van der Waals surface area contributed by atoms with Crippen LogP contribution in [0.5, 0.6) is 0 Å². The van der Waals surface area contributed by atoms with Crippen molar-refractivity contribution in [1.82, 2.24) is 3.86 Å². The Morgan fingerprint density at radius 1 is 1.22 bits per heavy atom. The number of benzene rings is 1. The number of amides is 1. The number of hydrogen-bond acceptors (Lipinski definition) is 3. The summed E-state index contributed by atoms with van der Waals surface area (Å²) in [5.74, 6) is -0.300. The van der Waals surface area contributed by atoms with Gasteiger partial charge in [-0.2, -0.15) is 0 Å². The van der Waals surface area contributed by atoms with Gasteiger partial charge in [0, 0.05) is 0 Å². The molecular formula is C13H17GeNO3. The van der Waals surface area contributed by atoms with Gasteiger partial charge < -0.3 is 0 Å². The summed E-state index contributed by atoms with van der Waals surface area (Å²) in [6, 6.07) is 9.94. The van der Waals surface area contributed by atoms with Crippen molar-refractivity contribution < 1.29 is 14.3 Å². The SMILES string of the molecule is CCOC(=O)CCC(=O)[N](C)[Ge][c]1ccccc1. The molecule has 0 heterocycles. The van der Waals surface area contributed by atoms with Crippen LogP contribution in [0.3, 0.4) is 0 Å². The maximum atomic E-state index is 11.8. The molecule has 0 bridgehead atoms. The molecular weight excluding hydrogens is 291 g/mol. The van der Waals surface area contributed by atoms with Crippen LogP contribution < -0.4 is 4.40 Å². The van der Waals surface area contributed by atoms with Gasteiger partial charge in [0.05, 0.1) is 0 Å². The van der Waals surface area contributed by atoms with Crippen molar-refractivity contribution in [1.29, 1.82) is 0 Å². The molecule has 1 amide bonds. The molecule has 0 aliphatic carbocycles. The summed E-state index contributed by atoms with van der Waals surface area (Å²) in [6.45, 7) is 2.12. The monoisotopic (exact) mass is 309 g/mol. The summed E-state index contributed by atoms with van der Waals surface area (Å²) >= 11 is -0.627. The molecule has 0 aliphatic rings. The van der Waals surface area contributed by atoms with Gasteiger partial charge in [0.15, 0.2) is 0 Å². The van der Waals surface area contributed by atoms with Crippen LogP contribution in [0.1, 0.15) is 19.8 Å². The fraction of sp³-hybridized carbons (Fsp3) is 0.385. The van der Waals surface area contributed by atoms with Gasteiger partial charge in [-0.25, -0.2) is 0 Å². The summed E-state index contributed by atoms with van der Waals surface area (Å²) in [5, 5.41) is 0. The zero-order valence-corrected chi connectivity index (χ0v) is 12.8. The summed E-state index contributed by atoms with van der Waals surface area (Å²) in [6.07, 6.45) is 0.392. The van der Waals surface area contributed by atoms with Gasteiger partial charge in [-0.1, -0.05) is 0 Å². The van der Waals surface area contributed by atoms with E-state index in [-0.39, 0.29) is 24.7 Å². The summed E-state index contributed by atoms with van der Waals surface area (Å²) in [5.41, 5.74) is 0. The number of esters is 1. The standard InChI is InChI=1S/C13H17GeNO3/c1-3-18-13(17)10-9-12(16)15(2)14-11-7-5-4-6-8-11/h4-8H,3,9-10H2,1-2H3. The number of hydrogen-bond donors (Lipinski definition) is 0. The topological polar surface area (TPSA) is 46.6 Å². The van der Waals surface area contributed by atoms with Crippen LogP contribution in [0.2, 0.25) is 0 Å². The van der Waals surface area contributed by atoms with E-state index in [1.54, 1.807) is 17.8 Å². The Morgan fingerprint density at radius 2 is 1.89 bits per heavy atom. The molecule has 0 N–H and O–H groups in total. The minimum atomic E-state index is -0.627. The van der Waals surface area contributed by atoms with E-state index in [4.69, 9.17) is 4.74 Å². The molecule has 0 spiro atoms. The van der Waals surface area contributed by atoms with Crippen molar-refractivity contribution in [3.05, 3.63) is 30.3 Å². The Hall–Kier alpha value is -1.30. The average molecular weight is 308 g/mol. The molecule has 0 atom stereocenters. The fourth-order valence-corrected chi connectivity index (χ4v) is 3.40. The normalized spacial score (nSPS) is 9.89. The summed E-state index contributed by atoms with van der Waals surface area (Å²) < 4.78 is 7.73. The van der Waals surface area contributed by atoms with Gasteiger partial charge in [0.25, 0.3) is 0 Å². The van der Waals surface area contributed by atoms with Gasteiger partial charge in [-0.05, 0) is 0 Å². The van der Waals surface area contributed by atoms with Crippen molar-refractivity contribution in [2.24, 2.45) is 0 Å². The van der Waals surface area contributed by atoms with Crippen molar-refractivity contribution in [2.75, 3.05) is 13.7 Å². The molecule has 0 aromatic heterocycles. The molecule has 18 heavy (non-hydrogen) atoms. The number of carbonyl (C=O) groups excluding carboxylic acids is 2. The molecule has 0 saturated carbocycles. The van der Waals surface area contributed by atoms with Crippen molar-refractivity contribution in [2.45, 2.75) is 19.8 Å². The zero-order valence-electron chi connectivity index (χ0n) is 10.7. The van der Waals surface area contributed by atoms with Crippen molar-refractivity contribution in [3.63, 3.8) is 0 Å². The first-order valence-corrected chi connectivity index (χ1v) is 7.86. The molecule has 96 valence electrons. The zero-order chi connectivity index (χ0) is 13.4. The molecule has 0 unspecified atom stereocenters. The van der Waals surface area contributed by atoms with E-state index in [1.165, 1.54) is 4.40 Å². The predicted molar refractivity (Wildman–Crippen MR) is 70.5 cm³/mol. The molecule has 0 fully saturated rings. The van der Waals surface area contributed by atoms with Crippen LogP contribution >= 0.6 is 0 Å². The second-order valence-corrected chi connectivity index (χ2v) is 6.82. The third-order valence-electron chi connectivity index (χ3n) is 2.29. The van der Waals surface area contributed by atoms with Crippen LogP contribution in [-0.4, -0.2) is 45.0 Å². The van der Waals surface area contributed by atoms with E-state index in [9.17, 15) is 9.59 Å². The second-order valence-electron chi connectivity index (χ2n) is 3.74. The molecule has 4 nitrogen and oxygen atoms in total. The number of carbonyl (C=O) groups is 2. The van der Waals surface area contributed by atoms with Gasteiger partial charge in [0.2, 0.25) is 0 Å². The van der Waals surface area contributed by atoms with Crippen LogP contribution in [0.15, 0.2) is 30.3 Å². The number of rotatable bonds is 6. The molecule has 2 radical (unpaired) electrons. The predicted octanol–water partition coefficient (Wildman–Crippen LogP) is 0.733. The fourth-order valence-electron chi connectivity index (χ4n) is 1.38. The number of nitrogens with zero attached hydrogens (tertiary/aromatic N) is 1. The first-order valence-electron chi connectivity index (χ1n) is 5.87. The summed E-state index contributed by atoms with van der Waals surface area (Å²) in [7, 11) is 1.79. The van der Waals surface area contributed by atoms with E-state index in [1.807, 2.05) is 30.3 Å². The Bertz CT molecular complexity index is 394. The van der Waals surface area contributed by atoms with Crippen molar-refractivity contribution in [3.8, 4) is 0 Å². The first kappa shape index (κ1) is 14.8. The number of ether oxygens (including phenoxy) is 1. The van der Waals surface area contributed by atoms with E-state index in [0.29, 0.717) is 6.61 Å². The van der Waals surface area contributed by atoms with Crippen LogP contribution in [0.25, 0.3) is 0 Å². The van der Waals surface area contributed by atoms with E-state index in [0.717, 1.165) is 0 Å². The Labute approximate surface area is 114 Å². The van der Waals surface area contributed by atoms with Gasteiger partial charge >= 0.3 is 114 Å². The molecule has 5 heteroatoms. The van der Waals surface area contributed by atoms with E-state index in [2.05, 4.69) is 0 Å². The Kier molecular flexibility index (Phi) is 6.50. The second kappa shape index (κ2) is 7.92. The quantitative estimate of drug-likeness (QED) is 0.575. The van der Waals surface area contributed by atoms with Crippen LogP contribution in [-0.2, 0) is 14.3 Å². The molecule has 0 aliphatic heterocycles. The van der Waals surface area contributed by atoms with Gasteiger partial charge in [0.1, 0.15) is 0 Å². The van der Waals surface area contributed by atoms with Crippen LogP contribution in [0.4, 0.5) is 0 Å². The van der Waals surface area contributed by atoms with E-state index >= 15 is 0 Å². The molecule has 0 saturated heterocycles. The van der Waals surface area contributed by atoms with Crippen molar-refractivity contribution >= 4 is 31.9 Å². The molecule has 1 aromatic carbocycles. The van der Waals surface area contributed by atoms with Gasteiger partial charge in [-0.15, -0.1) is 0 Å². The Morgan fingerprint density at radius 3 is 2.50 bits per heavy atom. The molecule has 1 aromatic rings. The van der Waals surface area contributed by atoms with Crippen LogP contribution in [0, 0.1) is 0 Å². The Balaban J connectivity index is 2.35. The van der Waals surface area contributed by atoms with E-state index < -0.39 is 15.7 Å². The third kappa shape index (κ3) is 5.36. The average Bonchev–Trinajstić information content (AvgIpc) is 2.37. The maximum absolute atomic E-state index is 11.8. The first-order chi connectivity index (χ1) is 8.63. The third-order valence-corrected chi connectivity index (χ3v) is 4.76. The van der Waals surface area contributed by atoms with Gasteiger partial charge in [-0.3, -0.25) is 0 Å². The summed E-state index contributed by atoms with van der Waals surface area (Å²) in [4.78, 5) is 23.0.